The van der Waals surface area contributed by atoms with E-state index in [0.717, 1.165) is 72.9 Å². The third kappa shape index (κ3) is 7.68. The Bertz CT molecular complexity index is 4090. The average molecular weight is 1010 g/mol. The number of allylic oxidation sites excluding steroid dienone is 1. The second kappa shape index (κ2) is 18.3. The molecule has 5 heterocycles. The zero-order chi connectivity index (χ0) is 52.9. The predicted octanol–water partition coefficient (Wildman–Crippen LogP) is 16.1. The minimum atomic E-state index is -0.139. The number of fused-ring (bicyclic) bond motifs is 7. The molecular formula is C72H60BN5. The normalized spacial score (nSPS) is 14.9. The van der Waals surface area contributed by atoms with Gasteiger partial charge in [-0.2, -0.15) is 0 Å². The highest BCUT2D eigenvalue weighted by Gasteiger charge is 2.47. The van der Waals surface area contributed by atoms with E-state index in [9.17, 15) is 0 Å². The van der Waals surface area contributed by atoms with Crippen LogP contribution in [0.2, 0.25) is 0 Å². The molecule has 3 aliphatic rings. The number of pyridine rings is 1. The molecule has 14 rings (SSSR count). The molecule has 3 aliphatic heterocycles. The maximum Gasteiger partial charge on any atom is 0.252 e. The van der Waals surface area contributed by atoms with E-state index in [1.165, 1.54) is 55.2 Å². The number of nitrogens with zero attached hydrogens (tertiary/aromatic N) is 5. The van der Waals surface area contributed by atoms with E-state index in [0.29, 0.717) is 6.54 Å². The topological polar surface area (TPSA) is 36.7 Å². The summed E-state index contributed by atoms with van der Waals surface area (Å²) in [7, 11) is 0. The minimum Gasteiger partial charge on any atom is -0.314 e. The van der Waals surface area contributed by atoms with Crippen LogP contribution in [0.1, 0.15) is 69.7 Å². The molecule has 0 aliphatic carbocycles. The van der Waals surface area contributed by atoms with E-state index in [1.807, 2.05) is 0 Å². The van der Waals surface area contributed by atoms with Crippen molar-refractivity contribution < 1.29 is 0 Å². The van der Waals surface area contributed by atoms with Crippen LogP contribution in [0.25, 0.3) is 55.3 Å². The van der Waals surface area contributed by atoms with Crippen molar-refractivity contribution in [1.29, 1.82) is 0 Å². The van der Waals surface area contributed by atoms with Crippen molar-refractivity contribution in [3.8, 4) is 27.9 Å². The molecule has 5 nitrogen and oxygen atoms in total. The lowest BCUT2D eigenvalue weighted by Gasteiger charge is -2.47. The fraction of sp³-hybridized carbons (Fsp3) is 0.139. The van der Waals surface area contributed by atoms with Gasteiger partial charge in [0.25, 0.3) is 6.71 Å². The first-order valence-electron chi connectivity index (χ1n) is 27.5. The lowest BCUT2D eigenvalue weighted by Crippen LogP contribution is -2.62. The third-order valence-electron chi connectivity index (χ3n) is 16.6. The van der Waals surface area contributed by atoms with Crippen molar-refractivity contribution >= 4 is 85.1 Å². The first-order chi connectivity index (χ1) is 38.0. The largest absolute Gasteiger partial charge is 0.314 e. The molecule has 0 bridgehead atoms. The van der Waals surface area contributed by atoms with Crippen LogP contribution in [-0.4, -0.2) is 29.0 Å². The Hall–Kier alpha value is -9.00. The molecular weight excluding hydrogens is 946 g/mol. The molecule has 0 saturated heterocycles. The fourth-order valence-electron chi connectivity index (χ4n) is 12.8. The Morgan fingerprint density at radius 1 is 0.462 bits per heavy atom. The molecule has 9 aromatic carbocycles. The van der Waals surface area contributed by atoms with Gasteiger partial charge in [0, 0.05) is 80.4 Å². The Kier molecular flexibility index (Phi) is 11.2. The van der Waals surface area contributed by atoms with Crippen LogP contribution in [0.3, 0.4) is 0 Å². The molecule has 0 fully saturated rings. The number of anilines is 5. The monoisotopic (exact) mass is 1010 g/mol. The van der Waals surface area contributed by atoms with Gasteiger partial charge in [-0.25, -0.2) is 0 Å². The Labute approximate surface area is 458 Å². The minimum absolute atomic E-state index is 0.0697. The van der Waals surface area contributed by atoms with Crippen LogP contribution in [0, 0.1) is 0 Å². The molecule has 6 heteroatoms. The number of aromatic nitrogens is 2. The van der Waals surface area contributed by atoms with E-state index < -0.39 is 0 Å². The summed E-state index contributed by atoms with van der Waals surface area (Å²) in [6, 6.07) is 81.3. The number of benzene rings is 9. The van der Waals surface area contributed by atoms with Gasteiger partial charge in [-0.15, -0.1) is 0 Å². The van der Waals surface area contributed by atoms with Gasteiger partial charge in [0.05, 0.1) is 29.0 Å². The Morgan fingerprint density at radius 3 is 1.45 bits per heavy atom. The van der Waals surface area contributed by atoms with Gasteiger partial charge < -0.3 is 14.4 Å². The second-order valence-corrected chi connectivity index (χ2v) is 23.4. The lowest BCUT2D eigenvalue weighted by atomic mass is 9.33. The average Bonchev–Trinajstić information content (AvgIpc) is 3.41. The number of hydrogen-bond acceptors (Lipinski definition) is 4. The summed E-state index contributed by atoms with van der Waals surface area (Å²) in [6.07, 6.45) is 6.31. The van der Waals surface area contributed by atoms with E-state index in [4.69, 9.17) is 9.98 Å². The number of aliphatic imine (C=N–C) groups is 1. The van der Waals surface area contributed by atoms with Crippen LogP contribution in [-0.2, 0) is 10.8 Å². The lowest BCUT2D eigenvalue weighted by molar-refractivity contribution is 0.590. The molecule has 0 spiro atoms. The van der Waals surface area contributed by atoms with Crippen molar-refractivity contribution in [1.82, 2.24) is 9.55 Å². The molecule has 2 aromatic heterocycles. The van der Waals surface area contributed by atoms with Crippen LogP contribution >= 0.6 is 0 Å². The van der Waals surface area contributed by atoms with Crippen LogP contribution in [0.4, 0.5) is 28.4 Å². The van der Waals surface area contributed by atoms with Gasteiger partial charge in [0.2, 0.25) is 0 Å². The smallest absolute Gasteiger partial charge is 0.252 e. The fourth-order valence-corrected chi connectivity index (χ4v) is 12.8. The summed E-state index contributed by atoms with van der Waals surface area (Å²) in [5.74, 6) is -0.0697. The van der Waals surface area contributed by atoms with Crippen molar-refractivity contribution in [3.05, 3.63) is 259 Å². The standard InChI is InChI=1S/C72H60BN5/c1-71(2,3)51-35-37-64-60(39-51)73-61-40-52(72(4,5)6)36-38-65(61)78(70-58(49-27-15-9-16-28-49)45-75-46-59(70)50-29-17-10-18-30-50)67-42-53(76-62-33-21-19-31-54(62)55-32-20-22-34-63(55)76)41-66(68(67)73)77(64)69-56(47-23-11-7-12-24-47)43-74-44-57(69)48-25-13-8-14-26-48/h7-45,59H,46H2,1-6H3. The number of rotatable bonds is 7. The highest BCUT2D eigenvalue weighted by atomic mass is 15.2. The zero-order valence-corrected chi connectivity index (χ0v) is 45.1. The van der Waals surface area contributed by atoms with Crippen molar-refractivity contribution in [2.45, 2.75) is 58.3 Å². The van der Waals surface area contributed by atoms with Crippen LogP contribution in [0.5, 0.6) is 0 Å². The summed E-state index contributed by atoms with van der Waals surface area (Å²) in [5.41, 5.74) is 24.3. The SMILES string of the molecule is CC(C)(C)c1ccc2c(c1)B1c3cc(C(C)(C)C)ccc3N(c3c(-c4ccccc4)cncc3-c3ccccc3)c3cc(-n4c5ccccc5c5ccccc54)cc(c31)N2C1=C(c2ccccc2)C=NCC1c1ccccc1. The quantitative estimate of drug-likeness (QED) is 0.149. The highest BCUT2D eigenvalue weighted by molar-refractivity contribution is 7.00. The predicted molar refractivity (Wildman–Crippen MR) is 331 cm³/mol. The molecule has 0 N–H and O–H groups in total. The summed E-state index contributed by atoms with van der Waals surface area (Å²) in [6.45, 7) is 14.5. The Morgan fingerprint density at radius 2 is 0.923 bits per heavy atom. The second-order valence-electron chi connectivity index (χ2n) is 23.4. The van der Waals surface area contributed by atoms with Crippen LogP contribution < -0.4 is 26.2 Å². The summed E-state index contributed by atoms with van der Waals surface area (Å²) in [5, 5.41) is 2.44. The molecule has 0 amide bonds. The molecule has 78 heavy (non-hydrogen) atoms. The van der Waals surface area contributed by atoms with E-state index >= 15 is 0 Å². The number of dihydropyridines is 1. The summed E-state index contributed by atoms with van der Waals surface area (Å²) < 4.78 is 2.51. The zero-order valence-electron chi connectivity index (χ0n) is 45.1. The highest BCUT2D eigenvalue weighted by Crippen LogP contribution is 2.52. The summed E-state index contributed by atoms with van der Waals surface area (Å²) >= 11 is 0. The van der Waals surface area contributed by atoms with Crippen LogP contribution in [0.15, 0.2) is 241 Å². The molecule has 1 atom stereocenters. The molecule has 0 saturated carbocycles. The molecule has 1 unspecified atom stereocenters. The molecule has 11 aromatic rings. The van der Waals surface area contributed by atoms with Gasteiger partial charge >= 0.3 is 0 Å². The third-order valence-corrected chi connectivity index (χ3v) is 16.6. The van der Waals surface area contributed by atoms with E-state index in [1.54, 1.807) is 0 Å². The van der Waals surface area contributed by atoms with Crippen molar-refractivity contribution in [2.75, 3.05) is 16.3 Å². The van der Waals surface area contributed by atoms with Gasteiger partial charge in [-0.1, -0.05) is 224 Å². The van der Waals surface area contributed by atoms with Gasteiger partial charge in [0.1, 0.15) is 0 Å². The first kappa shape index (κ1) is 47.5. The molecule has 376 valence electrons. The van der Waals surface area contributed by atoms with Gasteiger partial charge in [-0.05, 0) is 97.0 Å². The van der Waals surface area contributed by atoms with E-state index in [-0.39, 0.29) is 23.5 Å². The maximum absolute atomic E-state index is 5.25. The summed E-state index contributed by atoms with van der Waals surface area (Å²) in [4.78, 5) is 15.6. The van der Waals surface area contributed by atoms with Gasteiger partial charge in [0.15, 0.2) is 0 Å². The van der Waals surface area contributed by atoms with Gasteiger partial charge in [-0.3, -0.25) is 9.98 Å². The van der Waals surface area contributed by atoms with Crippen molar-refractivity contribution in [2.24, 2.45) is 4.99 Å². The number of para-hydroxylation sites is 2. The van der Waals surface area contributed by atoms with E-state index in [2.05, 4.69) is 293 Å². The molecule has 0 radical (unpaired) electrons. The van der Waals surface area contributed by atoms with Crippen molar-refractivity contribution in [3.63, 3.8) is 0 Å². The first-order valence-corrected chi connectivity index (χ1v) is 27.5. The maximum atomic E-state index is 5.25. The number of hydrogen-bond donors (Lipinski definition) is 0. The Balaban J connectivity index is 1.20.